The quantitative estimate of drug-likeness (QED) is 0.807. The van der Waals surface area contributed by atoms with E-state index in [0.29, 0.717) is 19.5 Å². The molecule has 0 aliphatic carbocycles. The van der Waals surface area contributed by atoms with Crippen LogP contribution in [0.5, 0.6) is 0 Å². The van der Waals surface area contributed by atoms with Crippen LogP contribution in [-0.2, 0) is 17.8 Å². The van der Waals surface area contributed by atoms with Gasteiger partial charge in [0.25, 0.3) is 0 Å². The topological polar surface area (TPSA) is 64.7 Å². The van der Waals surface area contributed by atoms with Crippen molar-refractivity contribution >= 4 is 24.3 Å². The van der Waals surface area contributed by atoms with Gasteiger partial charge in [-0.1, -0.05) is 24.3 Å². The van der Waals surface area contributed by atoms with Gasteiger partial charge in [-0.2, -0.15) is 0 Å². The number of fused-ring (bicyclic) bond motifs is 2. The third kappa shape index (κ3) is 4.78. The Morgan fingerprint density at radius 2 is 1.68 bits per heavy atom. The molecule has 28 heavy (non-hydrogen) atoms. The molecule has 3 aliphatic rings. The number of likely N-dealkylation sites (tertiary alicyclic amines) is 1. The lowest BCUT2D eigenvalue weighted by molar-refractivity contribution is -0.131. The third-order valence-corrected chi connectivity index (χ3v) is 6.40. The number of carbonyl (C=O) groups is 2. The van der Waals surface area contributed by atoms with Crippen LogP contribution in [0, 0.1) is 11.8 Å². The average molecular weight is 407 g/mol. The molecule has 1 aromatic rings. The summed E-state index contributed by atoms with van der Waals surface area (Å²) in [5.74, 6) is 1.63. The van der Waals surface area contributed by atoms with Gasteiger partial charge in [0.05, 0.1) is 0 Å². The van der Waals surface area contributed by atoms with Crippen molar-refractivity contribution in [1.29, 1.82) is 0 Å². The number of hydrogen-bond donors (Lipinski definition) is 2. The van der Waals surface area contributed by atoms with E-state index >= 15 is 0 Å². The van der Waals surface area contributed by atoms with Gasteiger partial charge in [-0.25, -0.2) is 4.79 Å². The minimum atomic E-state index is -0.0613. The minimum absolute atomic E-state index is 0. The summed E-state index contributed by atoms with van der Waals surface area (Å²) in [5, 5.41) is 6.40. The second kappa shape index (κ2) is 9.61. The number of urea groups is 1. The maximum Gasteiger partial charge on any atom is 0.317 e. The van der Waals surface area contributed by atoms with Crippen molar-refractivity contribution in [3.63, 3.8) is 0 Å². The van der Waals surface area contributed by atoms with Crippen LogP contribution >= 0.6 is 12.4 Å². The van der Waals surface area contributed by atoms with Gasteiger partial charge in [-0.15, -0.1) is 12.4 Å². The Bertz CT molecular complexity index is 685. The molecule has 2 fully saturated rings. The Morgan fingerprint density at radius 1 is 1.00 bits per heavy atom. The van der Waals surface area contributed by atoms with Crippen LogP contribution in [0.2, 0.25) is 0 Å². The van der Waals surface area contributed by atoms with Crippen LogP contribution in [0.3, 0.4) is 0 Å². The zero-order valence-corrected chi connectivity index (χ0v) is 17.2. The Morgan fingerprint density at radius 3 is 2.39 bits per heavy atom. The van der Waals surface area contributed by atoms with E-state index < -0.39 is 0 Å². The first-order chi connectivity index (χ1) is 13.2. The summed E-state index contributed by atoms with van der Waals surface area (Å²) in [7, 11) is 0. The molecule has 3 heterocycles. The number of hydrogen-bond acceptors (Lipinski definition) is 3. The first-order valence-corrected chi connectivity index (χ1v) is 10.3. The van der Waals surface area contributed by atoms with E-state index in [4.69, 9.17) is 0 Å². The fourth-order valence-electron chi connectivity index (χ4n) is 4.68. The fourth-order valence-corrected chi connectivity index (χ4v) is 4.68. The van der Waals surface area contributed by atoms with E-state index in [1.165, 1.54) is 11.1 Å². The van der Waals surface area contributed by atoms with Gasteiger partial charge in [0, 0.05) is 39.1 Å². The predicted molar refractivity (Wildman–Crippen MR) is 111 cm³/mol. The Hall–Kier alpha value is -1.79. The molecular formula is C21H31ClN4O2. The average Bonchev–Trinajstić information content (AvgIpc) is 3.05. The minimum Gasteiger partial charge on any atom is -0.343 e. The lowest BCUT2D eigenvalue weighted by atomic mass is 9.92. The molecule has 0 aromatic heterocycles. The lowest BCUT2D eigenvalue weighted by Crippen LogP contribution is -2.44. The van der Waals surface area contributed by atoms with E-state index in [2.05, 4.69) is 22.8 Å². The number of nitrogens with one attached hydrogen (secondary N) is 2. The highest BCUT2D eigenvalue weighted by atomic mass is 35.5. The molecule has 7 heteroatoms. The van der Waals surface area contributed by atoms with Gasteiger partial charge in [-0.3, -0.25) is 4.79 Å². The molecule has 0 spiro atoms. The zero-order chi connectivity index (χ0) is 18.6. The van der Waals surface area contributed by atoms with Crippen molar-refractivity contribution in [3.05, 3.63) is 35.4 Å². The van der Waals surface area contributed by atoms with Crippen molar-refractivity contribution in [2.24, 2.45) is 11.8 Å². The van der Waals surface area contributed by atoms with Crippen LogP contribution < -0.4 is 10.6 Å². The molecule has 4 rings (SSSR count). The molecule has 2 N–H and O–H groups in total. The van der Waals surface area contributed by atoms with Crippen LogP contribution in [0.15, 0.2) is 24.3 Å². The van der Waals surface area contributed by atoms with Gasteiger partial charge in [-0.05, 0) is 55.3 Å². The van der Waals surface area contributed by atoms with Crippen molar-refractivity contribution in [2.75, 3.05) is 39.3 Å². The first-order valence-electron chi connectivity index (χ1n) is 10.3. The molecule has 0 bridgehead atoms. The fraction of sp³-hybridized carbons (Fsp3) is 0.619. The van der Waals surface area contributed by atoms with Crippen molar-refractivity contribution < 1.29 is 9.59 Å². The van der Waals surface area contributed by atoms with Crippen LogP contribution in [0.4, 0.5) is 4.79 Å². The molecule has 2 saturated heterocycles. The predicted octanol–water partition coefficient (Wildman–Crippen LogP) is 2.02. The standard InChI is InChI=1S/C21H30N4O2.ClH/c26-20(24-10-7-17-13-22-14-18(17)8-11-24)5-9-23-21(27)25-12-6-16-3-1-2-4-19(16)15-25;/h1-4,17-18,22H,5-15H2,(H,23,27);1H/t17-,18+;. The summed E-state index contributed by atoms with van der Waals surface area (Å²) >= 11 is 0. The van der Waals surface area contributed by atoms with Crippen molar-refractivity contribution in [1.82, 2.24) is 20.4 Å². The summed E-state index contributed by atoms with van der Waals surface area (Å²) in [4.78, 5) is 28.8. The monoisotopic (exact) mass is 406 g/mol. The molecule has 3 aliphatic heterocycles. The maximum absolute atomic E-state index is 12.5. The highest BCUT2D eigenvalue weighted by molar-refractivity contribution is 5.85. The molecule has 1 aromatic carbocycles. The van der Waals surface area contributed by atoms with Crippen molar-refractivity contribution in [3.8, 4) is 0 Å². The van der Waals surface area contributed by atoms with E-state index in [0.717, 1.165) is 63.8 Å². The second-order valence-electron chi connectivity index (χ2n) is 8.06. The number of carbonyl (C=O) groups excluding carboxylic acids is 2. The van der Waals surface area contributed by atoms with Gasteiger partial charge in [0.1, 0.15) is 0 Å². The van der Waals surface area contributed by atoms with E-state index in [1.54, 1.807) is 0 Å². The SMILES string of the molecule is Cl.O=C(CCNC(=O)N1CCc2ccccc2C1)N1CC[C@@H]2CNC[C@@H]2CC1. The van der Waals surface area contributed by atoms with Crippen LogP contribution in [0.1, 0.15) is 30.4 Å². The zero-order valence-electron chi connectivity index (χ0n) is 16.4. The largest absolute Gasteiger partial charge is 0.343 e. The molecular weight excluding hydrogens is 376 g/mol. The smallest absolute Gasteiger partial charge is 0.317 e. The van der Waals surface area contributed by atoms with E-state index in [-0.39, 0.29) is 24.3 Å². The molecule has 3 amide bonds. The van der Waals surface area contributed by atoms with Crippen LogP contribution in [0.25, 0.3) is 0 Å². The molecule has 6 nitrogen and oxygen atoms in total. The highest BCUT2D eigenvalue weighted by Gasteiger charge is 2.31. The number of nitrogens with zero attached hydrogens (tertiary/aromatic N) is 2. The summed E-state index contributed by atoms with van der Waals surface area (Å²) in [6.45, 7) is 5.72. The Kier molecular flexibility index (Phi) is 7.18. The summed E-state index contributed by atoms with van der Waals surface area (Å²) in [5.41, 5.74) is 2.55. The Balaban J connectivity index is 0.00000225. The molecule has 154 valence electrons. The lowest BCUT2D eigenvalue weighted by Gasteiger charge is -2.29. The van der Waals surface area contributed by atoms with Crippen LogP contribution in [-0.4, -0.2) is 61.0 Å². The van der Waals surface area contributed by atoms with Crippen molar-refractivity contribution in [2.45, 2.75) is 32.2 Å². The molecule has 0 saturated carbocycles. The highest BCUT2D eigenvalue weighted by Crippen LogP contribution is 2.27. The van der Waals surface area contributed by atoms with Gasteiger partial charge >= 0.3 is 6.03 Å². The van der Waals surface area contributed by atoms with Gasteiger partial charge < -0.3 is 20.4 Å². The van der Waals surface area contributed by atoms with E-state index in [1.807, 2.05) is 21.9 Å². The van der Waals surface area contributed by atoms with Gasteiger partial charge in [0.2, 0.25) is 5.91 Å². The molecule has 2 atom stereocenters. The maximum atomic E-state index is 12.5. The van der Waals surface area contributed by atoms with E-state index in [9.17, 15) is 9.59 Å². The number of rotatable bonds is 3. The summed E-state index contributed by atoms with van der Waals surface area (Å²) < 4.78 is 0. The second-order valence-corrected chi connectivity index (χ2v) is 8.06. The Labute approximate surface area is 173 Å². The normalized spacial score (nSPS) is 23.9. The third-order valence-electron chi connectivity index (χ3n) is 6.40. The number of halogens is 1. The summed E-state index contributed by atoms with van der Waals surface area (Å²) in [6.07, 6.45) is 3.49. The number of amides is 3. The molecule has 0 unspecified atom stereocenters. The van der Waals surface area contributed by atoms with Gasteiger partial charge in [0.15, 0.2) is 0 Å². The first kappa shape index (κ1) is 20.9. The number of benzene rings is 1. The molecule has 0 radical (unpaired) electrons. The summed E-state index contributed by atoms with van der Waals surface area (Å²) in [6, 6.07) is 8.22.